The number of amides is 1. The average molecular weight is 812 g/mol. The van der Waals surface area contributed by atoms with E-state index < -0.39 is 49.5 Å². The van der Waals surface area contributed by atoms with Gasteiger partial charge >= 0.3 is 0 Å². The molecule has 1 aliphatic heterocycles. The van der Waals surface area contributed by atoms with Crippen molar-refractivity contribution < 1.29 is 39.8 Å². The maximum Gasteiger partial charge on any atom is 0.220 e. The Hall–Kier alpha value is -1.07. The van der Waals surface area contributed by atoms with Crippen molar-refractivity contribution in [3.05, 3.63) is 12.2 Å². The Morgan fingerprint density at radius 3 is 1.37 bits per heavy atom. The molecule has 0 bridgehead atoms. The van der Waals surface area contributed by atoms with E-state index in [0.717, 1.165) is 38.5 Å². The highest BCUT2D eigenvalue weighted by molar-refractivity contribution is 5.76. The first kappa shape index (κ1) is 53.9. The van der Waals surface area contributed by atoms with Gasteiger partial charge in [-0.05, 0) is 19.3 Å². The molecule has 57 heavy (non-hydrogen) atoms. The molecule has 0 radical (unpaired) electrons. The highest BCUT2D eigenvalue weighted by Crippen LogP contribution is 2.23. The van der Waals surface area contributed by atoms with Crippen molar-refractivity contribution in [2.75, 3.05) is 13.2 Å². The highest BCUT2D eigenvalue weighted by Gasteiger charge is 2.44. The Labute approximate surface area is 350 Å². The summed E-state index contributed by atoms with van der Waals surface area (Å²) in [6.07, 6.45) is 38.6. The lowest BCUT2D eigenvalue weighted by Crippen LogP contribution is -2.60. The van der Waals surface area contributed by atoms with E-state index in [0.29, 0.717) is 6.42 Å². The fraction of sp³-hybridized carbons (Fsp3) is 0.938. The molecule has 1 heterocycles. The second-order valence-corrected chi connectivity index (χ2v) is 17.3. The molecule has 0 aromatic carbocycles. The Morgan fingerprint density at radius 2 is 0.965 bits per heavy atom. The van der Waals surface area contributed by atoms with Crippen LogP contribution in [0.4, 0.5) is 0 Å². The van der Waals surface area contributed by atoms with Crippen LogP contribution in [0.25, 0.3) is 0 Å². The summed E-state index contributed by atoms with van der Waals surface area (Å²) in [6.45, 7) is 3.75. The summed E-state index contributed by atoms with van der Waals surface area (Å²) in [4.78, 5) is 12.8. The third-order valence-corrected chi connectivity index (χ3v) is 11.9. The molecule has 0 aromatic heterocycles. The topological polar surface area (TPSA) is 149 Å². The molecule has 0 spiro atoms. The molecule has 7 unspecified atom stereocenters. The summed E-state index contributed by atoms with van der Waals surface area (Å²) < 4.78 is 11.2. The molecule has 1 rings (SSSR count). The van der Waals surface area contributed by atoms with Gasteiger partial charge in [-0.25, -0.2) is 0 Å². The zero-order chi connectivity index (χ0) is 41.6. The largest absolute Gasteiger partial charge is 0.394 e. The van der Waals surface area contributed by atoms with Crippen molar-refractivity contribution in [2.45, 2.75) is 275 Å². The first-order valence-electron chi connectivity index (χ1n) is 24.4. The molecular formula is C48H93NO8. The number of hydrogen-bond donors (Lipinski definition) is 6. The van der Waals surface area contributed by atoms with Crippen LogP contribution in [0.3, 0.4) is 0 Å². The van der Waals surface area contributed by atoms with Crippen molar-refractivity contribution in [3.63, 3.8) is 0 Å². The van der Waals surface area contributed by atoms with Gasteiger partial charge in [0.1, 0.15) is 24.4 Å². The fourth-order valence-electron chi connectivity index (χ4n) is 7.92. The van der Waals surface area contributed by atoms with Crippen LogP contribution in [-0.2, 0) is 14.3 Å². The summed E-state index contributed by atoms with van der Waals surface area (Å²) in [5.41, 5.74) is 0. The van der Waals surface area contributed by atoms with Gasteiger partial charge < -0.3 is 40.3 Å². The van der Waals surface area contributed by atoms with Crippen LogP contribution in [-0.4, -0.2) is 87.5 Å². The smallest absolute Gasteiger partial charge is 0.220 e. The van der Waals surface area contributed by atoms with E-state index in [4.69, 9.17) is 9.47 Å². The molecule has 0 saturated carbocycles. The number of allylic oxidation sites excluding steroid dienone is 1. The van der Waals surface area contributed by atoms with E-state index in [1.807, 2.05) is 6.08 Å². The van der Waals surface area contributed by atoms with Gasteiger partial charge in [-0.15, -0.1) is 0 Å². The molecule has 338 valence electrons. The minimum atomic E-state index is -1.56. The van der Waals surface area contributed by atoms with Crippen LogP contribution >= 0.6 is 0 Å². The van der Waals surface area contributed by atoms with Gasteiger partial charge in [0.2, 0.25) is 5.91 Å². The molecule has 1 saturated heterocycles. The Bertz CT molecular complexity index is 904. The van der Waals surface area contributed by atoms with Crippen LogP contribution in [0.2, 0.25) is 0 Å². The normalized spacial score (nSPS) is 21.0. The zero-order valence-electron chi connectivity index (χ0n) is 37.1. The quantitative estimate of drug-likeness (QED) is 0.0264. The SMILES string of the molecule is CCCCCCCCCCCCCCCCCCCCCCCCCC/C=C/C(O)C(COC1OC(CO)C(O)C(O)C1O)NC(=O)CCCCCCCCCC. The Balaban J connectivity index is 2.19. The maximum atomic E-state index is 12.8. The number of carbonyl (C=O) groups is 1. The van der Waals surface area contributed by atoms with Crippen LogP contribution in [0.1, 0.15) is 232 Å². The number of nitrogens with one attached hydrogen (secondary N) is 1. The van der Waals surface area contributed by atoms with Gasteiger partial charge in [-0.2, -0.15) is 0 Å². The van der Waals surface area contributed by atoms with E-state index in [9.17, 15) is 30.3 Å². The lowest BCUT2D eigenvalue weighted by Gasteiger charge is -2.40. The lowest BCUT2D eigenvalue weighted by atomic mass is 9.99. The van der Waals surface area contributed by atoms with Gasteiger partial charge in [0.25, 0.3) is 0 Å². The standard InChI is InChI=1S/C48H93NO8/c1-3-5-7-9-11-13-14-15-16-17-18-19-20-21-22-23-24-25-26-27-28-29-30-31-33-35-37-42(51)41(49-44(52)38-36-34-32-12-10-8-6-4-2)40-56-48-47(55)46(54)45(53)43(39-50)57-48/h35,37,41-43,45-48,50-51,53-55H,3-34,36,38-40H2,1-2H3,(H,49,52)/b37-35+. The highest BCUT2D eigenvalue weighted by atomic mass is 16.7. The van der Waals surface area contributed by atoms with Crippen molar-refractivity contribution in [1.29, 1.82) is 0 Å². The van der Waals surface area contributed by atoms with Crippen LogP contribution < -0.4 is 5.32 Å². The van der Waals surface area contributed by atoms with Gasteiger partial charge in [0.15, 0.2) is 6.29 Å². The number of ether oxygens (including phenoxy) is 2. The van der Waals surface area contributed by atoms with Crippen molar-refractivity contribution in [3.8, 4) is 0 Å². The first-order chi connectivity index (χ1) is 27.8. The lowest BCUT2D eigenvalue weighted by molar-refractivity contribution is -0.302. The number of rotatable bonds is 41. The number of aliphatic hydroxyl groups excluding tert-OH is 5. The third-order valence-electron chi connectivity index (χ3n) is 11.9. The molecule has 1 amide bonds. The summed E-state index contributed by atoms with van der Waals surface area (Å²) in [7, 11) is 0. The predicted molar refractivity (Wildman–Crippen MR) is 235 cm³/mol. The summed E-state index contributed by atoms with van der Waals surface area (Å²) in [5.74, 6) is -0.180. The molecule has 1 aliphatic rings. The third kappa shape index (κ3) is 29.7. The van der Waals surface area contributed by atoms with Gasteiger partial charge in [0.05, 0.1) is 25.4 Å². The van der Waals surface area contributed by atoms with Crippen molar-refractivity contribution in [1.82, 2.24) is 5.32 Å². The molecule has 7 atom stereocenters. The monoisotopic (exact) mass is 812 g/mol. The number of carbonyl (C=O) groups excluding carboxylic acids is 1. The summed E-state index contributed by atoms with van der Waals surface area (Å²) in [5, 5.41) is 54.1. The predicted octanol–water partition coefficient (Wildman–Crippen LogP) is 10.5. The number of unbranched alkanes of at least 4 members (excludes halogenated alkanes) is 31. The first-order valence-corrected chi connectivity index (χ1v) is 24.4. The molecule has 9 nitrogen and oxygen atoms in total. The van der Waals surface area contributed by atoms with Crippen LogP contribution in [0.15, 0.2) is 12.2 Å². The Kier molecular flexibility index (Phi) is 37.0. The van der Waals surface area contributed by atoms with Crippen molar-refractivity contribution in [2.24, 2.45) is 0 Å². The molecule has 0 aromatic rings. The molecule has 0 aliphatic carbocycles. The van der Waals surface area contributed by atoms with E-state index in [2.05, 4.69) is 19.2 Å². The molecular weight excluding hydrogens is 719 g/mol. The minimum Gasteiger partial charge on any atom is -0.394 e. The number of aliphatic hydroxyl groups is 5. The van der Waals surface area contributed by atoms with E-state index in [1.165, 1.54) is 173 Å². The van der Waals surface area contributed by atoms with Gasteiger partial charge in [-0.1, -0.05) is 219 Å². The van der Waals surface area contributed by atoms with Gasteiger partial charge in [0, 0.05) is 6.42 Å². The van der Waals surface area contributed by atoms with E-state index in [-0.39, 0.29) is 12.5 Å². The minimum absolute atomic E-state index is 0.180. The zero-order valence-corrected chi connectivity index (χ0v) is 37.1. The average Bonchev–Trinajstić information content (AvgIpc) is 3.21. The fourth-order valence-corrected chi connectivity index (χ4v) is 7.92. The van der Waals surface area contributed by atoms with E-state index in [1.54, 1.807) is 6.08 Å². The summed E-state index contributed by atoms with van der Waals surface area (Å²) >= 11 is 0. The molecule has 1 fully saturated rings. The summed E-state index contributed by atoms with van der Waals surface area (Å²) in [6, 6.07) is -0.797. The molecule has 6 N–H and O–H groups in total. The van der Waals surface area contributed by atoms with Crippen molar-refractivity contribution >= 4 is 5.91 Å². The maximum absolute atomic E-state index is 12.8. The molecule has 9 heteroatoms. The van der Waals surface area contributed by atoms with E-state index >= 15 is 0 Å². The Morgan fingerprint density at radius 1 is 0.579 bits per heavy atom. The van der Waals surface area contributed by atoms with Gasteiger partial charge in [-0.3, -0.25) is 4.79 Å². The van der Waals surface area contributed by atoms with Crippen LogP contribution in [0, 0.1) is 0 Å². The second kappa shape index (κ2) is 39.1. The second-order valence-electron chi connectivity index (χ2n) is 17.3. The van der Waals surface area contributed by atoms with Crippen LogP contribution in [0.5, 0.6) is 0 Å². The number of hydrogen-bond acceptors (Lipinski definition) is 8.